The van der Waals surface area contributed by atoms with Crippen molar-refractivity contribution in [2.75, 3.05) is 31.1 Å². The highest BCUT2D eigenvalue weighted by molar-refractivity contribution is 6.30. The minimum Gasteiger partial charge on any atom is -0.443 e. The van der Waals surface area contributed by atoms with Gasteiger partial charge in [-0.1, -0.05) is 35.9 Å². The number of hydrogen-bond acceptors (Lipinski definition) is 4. The molecule has 0 spiro atoms. The van der Waals surface area contributed by atoms with Gasteiger partial charge in [0.15, 0.2) is 17.8 Å². The molecule has 0 radical (unpaired) electrons. The number of benzene rings is 2. The third kappa shape index (κ3) is 4.25. The van der Waals surface area contributed by atoms with Crippen molar-refractivity contribution in [1.82, 2.24) is 9.88 Å². The van der Waals surface area contributed by atoms with Crippen molar-refractivity contribution in [2.45, 2.75) is 13.1 Å². The lowest BCUT2D eigenvalue weighted by Gasteiger charge is -2.36. The Kier molecular flexibility index (Phi) is 5.66. The van der Waals surface area contributed by atoms with Crippen molar-refractivity contribution in [3.05, 3.63) is 70.7 Å². The molecule has 1 saturated heterocycles. The third-order valence-corrected chi connectivity index (χ3v) is 5.56. The number of amides is 1. The van der Waals surface area contributed by atoms with Crippen molar-refractivity contribution in [1.29, 1.82) is 0 Å². The number of rotatable bonds is 3. The zero-order valence-corrected chi connectivity index (χ0v) is 17.4. The molecule has 2 aromatic carbocycles. The molecule has 2 heterocycles. The van der Waals surface area contributed by atoms with Gasteiger partial charge in [-0.3, -0.25) is 4.79 Å². The first kappa shape index (κ1) is 21.2. The molecule has 9 heteroatoms. The van der Waals surface area contributed by atoms with Crippen LogP contribution in [0, 0.1) is 6.92 Å². The first-order valence-electron chi connectivity index (χ1n) is 9.66. The molecule has 1 aromatic heterocycles. The lowest BCUT2D eigenvalue weighted by Crippen LogP contribution is -2.49. The van der Waals surface area contributed by atoms with Crippen LogP contribution < -0.4 is 4.90 Å². The summed E-state index contributed by atoms with van der Waals surface area (Å²) in [6, 6.07) is 10.6. The summed E-state index contributed by atoms with van der Waals surface area (Å²) >= 11 is 6.11. The highest BCUT2D eigenvalue weighted by Crippen LogP contribution is 2.38. The number of oxazole rings is 1. The van der Waals surface area contributed by atoms with Crippen molar-refractivity contribution in [3.63, 3.8) is 0 Å². The number of carbonyl (C=O) groups is 1. The van der Waals surface area contributed by atoms with Gasteiger partial charge < -0.3 is 14.2 Å². The van der Waals surface area contributed by atoms with Crippen LogP contribution in [-0.4, -0.2) is 42.0 Å². The van der Waals surface area contributed by atoms with E-state index in [1.54, 1.807) is 4.90 Å². The number of nitrogens with zero attached hydrogens (tertiary/aromatic N) is 3. The fraction of sp³-hybridized carbons (Fsp3) is 0.273. The standard InChI is InChI=1S/C22H19ClF3N3O2/c1-14-6-7-15(23)12-18(14)28-8-10-29(11-9-28)21(30)19-20(31-13-27-19)16-4-2-3-5-17(16)22(24,25)26/h2-7,12-13H,8-11H2,1H3. The molecular weight excluding hydrogens is 431 g/mol. The van der Waals surface area contributed by atoms with Gasteiger partial charge in [-0.2, -0.15) is 13.2 Å². The maximum Gasteiger partial charge on any atom is 0.417 e. The van der Waals surface area contributed by atoms with E-state index in [2.05, 4.69) is 9.88 Å². The first-order chi connectivity index (χ1) is 14.8. The number of carbonyl (C=O) groups excluding carboxylic acids is 1. The van der Waals surface area contributed by atoms with Crippen LogP contribution in [0.5, 0.6) is 0 Å². The molecule has 0 saturated carbocycles. The van der Waals surface area contributed by atoms with Gasteiger partial charge >= 0.3 is 6.18 Å². The van der Waals surface area contributed by atoms with Crippen molar-refractivity contribution in [3.8, 4) is 11.3 Å². The minimum atomic E-state index is -4.58. The molecule has 0 N–H and O–H groups in total. The van der Waals surface area contributed by atoms with Crippen molar-refractivity contribution in [2.24, 2.45) is 0 Å². The number of halogens is 4. The number of hydrogen-bond donors (Lipinski definition) is 0. The van der Waals surface area contributed by atoms with Gasteiger partial charge in [-0.25, -0.2) is 4.98 Å². The maximum absolute atomic E-state index is 13.4. The Morgan fingerprint density at radius 1 is 1.10 bits per heavy atom. The molecule has 5 nitrogen and oxygen atoms in total. The zero-order valence-electron chi connectivity index (χ0n) is 16.6. The highest BCUT2D eigenvalue weighted by atomic mass is 35.5. The van der Waals surface area contributed by atoms with E-state index in [0.717, 1.165) is 23.7 Å². The summed E-state index contributed by atoms with van der Waals surface area (Å²) in [6.07, 6.45) is -3.58. The van der Waals surface area contributed by atoms with Crippen LogP contribution in [0.2, 0.25) is 5.02 Å². The molecule has 0 bridgehead atoms. The largest absolute Gasteiger partial charge is 0.443 e. The summed E-state index contributed by atoms with van der Waals surface area (Å²) in [5, 5.41) is 0.634. The molecule has 1 amide bonds. The van der Waals surface area contributed by atoms with Crippen LogP contribution >= 0.6 is 11.6 Å². The average molecular weight is 450 g/mol. The van der Waals surface area contributed by atoms with E-state index < -0.39 is 17.6 Å². The number of aromatic nitrogens is 1. The van der Waals surface area contributed by atoms with Gasteiger partial charge in [0.25, 0.3) is 5.91 Å². The maximum atomic E-state index is 13.4. The van der Waals surface area contributed by atoms with Gasteiger partial charge in [0.05, 0.1) is 5.56 Å². The Labute approximate surface area is 182 Å². The molecule has 4 rings (SSSR count). The van der Waals surface area contributed by atoms with E-state index in [9.17, 15) is 18.0 Å². The van der Waals surface area contributed by atoms with Crippen LogP contribution in [-0.2, 0) is 6.18 Å². The quantitative estimate of drug-likeness (QED) is 0.545. The Bertz CT molecular complexity index is 1110. The number of anilines is 1. The second kappa shape index (κ2) is 8.26. The predicted octanol–water partition coefficient (Wildman–Crippen LogP) is 5.28. The van der Waals surface area contributed by atoms with Gasteiger partial charge in [0.1, 0.15) is 0 Å². The lowest BCUT2D eigenvalue weighted by atomic mass is 10.0. The summed E-state index contributed by atoms with van der Waals surface area (Å²) in [5.41, 5.74) is 0.878. The highest BCUT2D eigenvalue weighted by Gasteiger charge is 2.36. The van der Waals surface area contributed by atoms with E-state index in [1.165, 1.54) is 18.2 Å². The fourth-order valence-corrected chi connectivity index (χ4v) is 3.91. The minimum absolute atomic E-state index is 0.121. The molecule has 1 fully saturated rings. The van der Waals surface area contributed by atoms with Crippen LogP contribution in [0.15, 0.2) is 53.3 Å². The third-order valence-electron chi connectivity index (χ3n) is 5.33. The van der Waals surface area contributed by atoms with Gasteiger partial charge in [-0.05, 0) is 30.7 Å². The second-order valence-electron chi connectivity index (χ2n) is 7.28. The van der Waals surface area contributed by atoms with E-state index >= 15 is 0 Å². The molecular formula is C22H19ClF3N3O2. The van der Waals surface area contributed by atoms with E-state index in [1.807, 2.05) is 25.1 Å². The van der Waals surface area contributed by atoms with Gasteiger partial charge in [0.2, 0.25) is 0 Å². The van der Waals surface area contributed by atoms with Crippen molar-refractivity contribution >= 4 is 23.2 Å². The molecule has 162 valence electrons. The Morgan fingerprint density at radius 3 is 2.52 bits per heavy atom. The van der Waals surface area contributed by atoms with Crippen LogP contribution in [0.3, 0.4) is 0 Å². The van der Waals surface area contributed by atoms with Gasteiger partial charge in [-0.15, -0.1) is 0 Å². The molecule has 1 aliphatic rings. The smallest absolute Gasteiger partial charge is 0.417 e. The van der Waals surface area contributed by atoms with E-state index in [-0.39, 0.29) is 17.0 Å². The topological polar surface area (TPSA) is 49.6 Å². The van der Waals surface area contributed by atoms with E-state index in [0.29, 0.717) is 31.2 Å². The Balaban J connectivity index is 1.55. The SMILES string of the molecule is Cc1ccc(Cl)cc1N1CCN(C(=O)c2ncoc2-c2ccccc2C(F)(F)F)CC1. The molecule has 31 heavy (non-hydrogen) atoms. The predicted molar refractivity (Wildman–Crippen MR) is 111 cm³/mol. The normalized spacial score (nSPS) is 14.7. The number of alkyl halides is 3. The van der Waals surface area contributed by atoms with Crippen molar-refractivity contribution < 1.29 is 22.4 Å². The molecule has 0 atom stereocenters. The Morgan fingerprint density at radius 2 is 1.81 bits per heavy atom. The summed E-state index contributed by atoms with van der Waals surface area (Å²) in [6.45, 7) is 3.93. The van der Waals surface area contributed by atoms with Crippen LogP contribution in [0.1, 0.15) is 21.6 Å². The molecule has 0 aliphatic carbocycles. The summed E-state index contributed by atoms with van der Waals surface area (Å²) in [5.74, 6) is -0.630. The summed E-state index contributed by atoms with van der Waals surface area (Å²) in [7, 11) is 0. The number of piperazine rings is 1. The molecule has 0 unspecified atom stereocenters. The number of aryl methyl sites for hydroxylation is 1. The first-order valence-corrected chi connectivity index (χ1v) is 10.0. The summed E-state index contributed by atoms with van der Waals surface area (Å²) < 4.78 is 45.5. The second-order valence-corrected chi connectivity index (χ2v) is 7.72. The zero-order chi connectivity index (χ0) is 22.2. The monoisotopic (exact) mass is 449 g/mol. The van der Waals surface area contributed by atoms with Crippen LogP contribution in [0.4, 0.5) is 18.9 Å². The molecule has 3 aromatic rings. The van der Waals surface area contributed by atoms with Crippen LogP contribution in [0.25, 0.3) is 11.3 Å². The lowest BCUT2D eigenvalue weighted by molar-refractivity contribution is -0.137. The molecule has 1 aliphatic heterocycles. The summed E-state index contributed by atoms with van der Waals surface area (Å²) in [4.78, 5) is 20.7. The average Bonchev–Trinajstić information content (AvgIpc) is 3.24. The Hall–Kier alpha value is -3.00. The van der Waals surface area contributed by atoms with Gasteiger partial charge in [0, 0.05) is 42.5 Å². The van der Waals surface area contributed by atoms with E-state index in [4.69, 9.17) is 16.0 Å². The fourth-order valence-electron chi connectivity index (χ4n) is 3.74.